The van der Waals surface area contributed by atoms with Gasteiger partial charge in [-0.25, -0.2) is 0 Å². The van der Waals surface area contributed by atoms with Gasteiger partial charge in [-0.15, -0.1) is 0 Å². The van der Waals surface area contributed by atoms with Gasteiger partial charge in [0.15, 0.2) is 0 Å². The average Bonchev–Trinajstić information content (AvgIpc) is 2.20. The van der Waals surface area contributed by atoms with Crippen LogP contribution in [0.3, 0.4) is 0 Å². The van der Waals surface area contributed by atoms with Crippen LogP contribution >= 0.6 is 0 Å². The van der Waals surface area contributed by atoms with Crippen LogP contribution in [0.25, 0.3) is 0 Å². The molecule has 0 saturated carbocycles. The van der Waals surface area contributed by atoms with E-state index in [1.807, 2.05) is 13.8 Å². The Hall–Kier alpha value is -0.235. The molecule has 0 unspecified atom stereocenters. The van der Waals surface area contributed by atoms with Crippen molar-refractivity contribution in [3.63, 3.8) is 0 Å². The molecule has 0 heterocycles. The van der Waals surface area contributed by atoms with Gasteiger partial charge < -0.3 is 4.10 Å². The first-order chi connectivity index (χ1) is 7.74. The number of hydrogen-bond donors (Lipinski definition) is 0. The highest BCUT2D eigenvalue weighted by Crippen LogP contribution is 2.27. The SMILES string of the molecule is CCCCB(CCCC)OS(=O)(=O)C(F)(F)F. The van der Waals surface area contributed by atoms with E-state index in [-0.39, 0.29) is 0 Å². The lowest BCUT2D eigenvalue weighted by molar-refractivity contribution is -0.0501. The first kappa shape index (κ1) is 16.8. The smallest absolute Gasteiger partial charge is 0.327 e. The molecule has 0 aliphatic rings. The van der Waals surface area contributed by atoms with Crippen molar-refractivity contribution in [1.29, 1.82) is 0 Å². The summed E-state index contributed by atoms with van der Waals surface area (Å²) in [6, 6.07) is 0. The fourth-order valence-electron chi connectivity index (χ4n) is 1.34. The molecule has 0 N–H and O–H groups in total. The van der Waals surface area contributed by atoms with E-state index in [9.17, 15) is 21.6 Å². The van der Waals surface area contributed by atoms with Crippen LogP contribution in [-0.2, 0) is 14.2 Å². The minimum atomic E-state index is -5.46. The molecule has 0 aromatic carbocycles. The van der Waals surface area contributed by atoms with Gasteiger partial charge in [0.1, 0.15) is 0 Å². The molecule has 8 heteroatoms. The lowest BCUT2D eigenvalue weighted by atomic mass is 9.60. The molecule has 0 aromatic heterocycles. The second-order valence-electron chi connectivity index (χ2n) is 3.90. The van der Waals surface area contributed by atoms with Crippen molar-refractivity contribution in [2.45, 2.75) is 57.7 Å². The number of alkyl halides is 3. The van der Waals surface area contributed by atoms with Crippen LogP contribution in [0.2, 0.25) is 12.6 Å². The van der Waals surface area contributed by atoms with Crippen LogP contribution in [0, 0.1) is 0 Å². The van der Waals surface area contributed by atoms with E-state index in [0.29, 0.717) is 25.5 Å². The zero-order valence-corrected chi connectivity index (χ0v) is 10.9. The summed E-state index contributed by atoms with van der Waals surface area (Å²) in [5.41, 5.74) is -5.33. The molecule has 0 rings (SSSR count). The summed E-state index contributed by atoms with van der Waals surface area (Å²) in [4.78, 5) is 0. The average molecular weight is 274 g/mol. The Morgan fingerprint density at radius 1 is 1.06 bits per heavy atom. The highest BCUT2D eigenvalue weighted by atomic mass is 32.2. The van der Waals surface area contributed by atoms with E-state index in [4.69, 9.17) is 0 Å². The third kappa shape index (κ3) is 6.31. The molecule has 102 valence electrons. The Labute approximate surface area is 101 Å². The second-order valence-corrected chi connectivity index (χ2v) is 5.47. The zero-order chi connectivity index (χ0) is 13.5. The van der Waals surface area contributed by atoms with E-state index < -0.39 is 22.5 Å². The predicted octanol–water partition coefficient (Wildman–Crippen LogP) is 3.44. The standard InChI is InChI=1S/C9H18BF3O3S/c1-3-5-7-10(8-6-4-2)16-17(14,15)9(11,12)13/h3-8H2,1-2H3. The van der Waals surface area contributed by atoms with Gasteiger partial charge in [-0.3, -0.25) is 0 Å². The third-order valence-corrected chi connectivity index (χ3v) is 3.40. The highest BCUT2D eigenvalue weighted by Gasteiger charge is 2.48. The number of unbranched alkanes of at least 4 members (excludes halogenated alkanes) is 2. The topological polar surface area (TPSA) is 43.4 Å². The van der Waals surface area contributed by atoms with E-state index >= 15 is 0 Å². The number of halogens is 3. The van der Waals surface area contributed by atoms with Crippen molar-refractivity contribution < 1.29 is 25.7 Å². The molecule has 0 aromatic rings. The van der Waals surface area contributed by atoms with Crippen molar-refractivity contribution in [2.75, 3.05) is 0 Å². The van der Waals surface area contributed by atoms with Crippen molar-refractivity contribution in [1.82, 2.24) is 0 Å². The predicted molar refractivity (Wildman–Crippen MR) is 61.2 cm³/mol. The van der Waals surface area contributed by atoms with Gasteiger partial charge in [-0.05, 0) is 12.6 Å². The van der Waals surface area contributed by atoms with Gasteiger partial charge >= 0.3 is 22.5 Å². The fourth-order valence-corrected chi connectivity index (χ4v) is 2.00. The highest BCUT2D eigenvalue weighted by molar-refractivity contribution is 7.88. The lowest BCUT2D eigenvalue weighted by Gasteiger charge is -2.15. The zero-order valence-electron chi connectivity index (χ0n) is 10.1. The Bertz CT molecular complexity index is 295. The molecular formula is C9H18BF3O3S. The van der Waals surface area contributed by atoms with Crippen molar-refractivity contribution in [3.05, 3.63) is 0 Å². The van der Waals surface area contributed by atoms with Crippen LogP contribution in [0.15, 0.2) is 0 Å². The molecule has 0 aliphatic heterocycles. The van der Waals surface area contributed by atoms with Crippen molar-refractivity contribution in [2.24, 2.45) is 0 Å². The molecule has 0 atom stereocenters. The summed E-state index contributed by atoms with van der Waals surface area (Å²) in [7, 11) is -5.46. The molecule has 0 amide bonds. The molecule has 0 aliphatic carbocycles. The summed E-state index contributed by atoms with van der Waals surface area (Å²) >= 11 is 0. The minimum Gasteiger partial charge on any atom is -0.327 e. The maximum absolute atomic E-state index is 12.1. The Morgan fingerprint density at radius 3 is 1.76 bits per heavy atom. The lowest BCUT2D eigenvalue weighted by Crippen LogP contribution is -2.32. The Balaban J connectivity index is 4.51. The Morgan fingerprint density at radius 2 is 1.47 bits per heavy atom. The molecule has 0 spiro atoms. The van der Waals surface area contributed by atoms with Crippen LogP contribution in [0.5, 0.6) is 0 Å². The van der Waals surface area contributed by atoms with Gasteiger partial charge in [-0.2, -0.15) is 21.6 Å². The quantitative estimate of drug-likeness (QED) is 0.503. The van der Waals surface area contributed by atoms with Gasteiger partial charge in [0.2, 0.25) is 0 Å². The molecular weight excluding hydrogens is 256 g/mol. The van der Waals surface area contributed by atoms with E-state index in [0.717, 1.165) is 12.8 Å². The van der Waals surface area contributed by atoms with Gasteiger partial charge in [0.05, 0.1) is 0 Å². The number of hydrogen-bond acceptors (Lipinski definition) is 3. The summed E-state index contributed by atoms with van der Waals surface area (Å²) in [5, 5.41) is 0. The van der Waals surface area contributed by atoms with E-state index in [1.54, 1.807) is 0 Å². The van der Waals surface area contributed by atoms with Crippen LogP contribution < -0.4 is 0 Å². The minimum absolute atomic E-state index is 0.339. The Kier molecular flexibility index (Phi) is 7.15. The maximum atomic E-state index is 12.1. The summed E-state index contributed by atoms with van der Waals surface area (Å²) < 4.78 is 62.3. The molecule has 0 saturated heterocycles. The van der Waals surface area contributed by atoms with Crippen LogP contribution in [0.1, 0.15) is 39.5 Å². The van der Waals surface area contributed by atoms with Gasteiger partial charge in [0, 0.05) is 0 Å². The summed E-state index contributed by atoms with van der Waals surface area (Å²) in [6.45, 7) is 2.91. The third-order valence-electron chi connectivity index (χ3n) is 2.31. The molecule has 0 bridgehead atoms. The van der Waals surface area contributed by atoms with Crippen molar-refractivity contribution in [3.8, 4) is 0 Å². The maximum Gasteiger partial charge on any atom is 0.521 e. The normalized spacial score (nSPS) is 12.8. The van der Waals surface area contributed by atoms with E-state index in [1.165, 1.54) is 0 Å². The molecule has 0 radical (unpaired) electrons. The van der Waals surface area contributed by atoms with Crippen LogP contribution in [0.4, 0.5) is 13.2 Å². The fraction of sp³-hybridized carbons (Fsp3) is 1.00. The van der Waals surface area contributed by atoms with Gasteiger partial charge in [0.25, 0.3) is 0 Å². The molecule has 3 nitrogen and oxygen atoms in total. The molecule has 17 heavy (non-hydrogen) atoms. The first-order valence-electron chi connectivity index (χ1n) is 5.74. The largest absolute Gasteiger partial charge is 0.521 e. The number of rotatable bonds is 8. The van der Waals surface area contributed by atoms with Crippen LogP contribution in [-0.4, -0.2) is 20.8 Å². The van der Waals surface area contributed by atoms with Crippen molar-refractivity contribution >= 4 is 17.0 Å². The first-order valence-corrected chi connectivity index (χ1v) is 7.15. The summed E-state index contributed by atoms with van der Waals surface area (Å²) in [5.74, 6) is 0. The molecule has 0 fully saturated rings. The summed E-state index contributed by atoms with van der Waals surface area (Å²) in [6.07, 6.45) is 3.57. The van der Waals surface area contributed by atoms with Gasteiger partial charge in [-0.1, -0.05) is 39.5 Å². The van der Waals surface area contributed by atoms with E-state index in [2.05, 4.69) is 4.10 Å². The monoisotopic (exact) mass is 274 g/mol. The second kappa shape index (κ2) is 7.26.